The van der Waals surface area contributed by atoms with Crippen LogP contribution in [-0.2, 0) is 0 Å². The van der Waals surface area contributed by atoms with Gasteiger partial charge in [-0.25, -0.2) is 0 Å². The Bertz CT molecular complexity index is 76.6. The van der Waals surface area contributed by atoms with Crippen molar-refractivity contribution in [1.82, 2.24) is 4.98 Å². The zero-order valence-electron chi connectivity index (χ0n) is 5.83. The van der Waals surface area contributed by atoms with E-state index in [1.165, 1.54) is 25.7 Å². The van der Waals surface area contributed by atoms with Gasteiger partial charge in [0, 0.05) is 5.54 Å². The van der Waals surface area contributed by atoms with Crippen LogP contribution in [0.1, 0.15) is 32.6 Å². The van der Waals surface area contributed by atoms with E-state index in [4.69, 9.17) is 0 Å². The second-order valence-corrected chi connectivity index (χ2v) is 3.52. The fourth-order valence-electron chi connectivity index (χ4n) is 1.41. The van der Waals surface area contributed by atoms with Crippen LogP contribution in [0, 0.1) is 0 Å². The fraction of sp³-hybridized carbons (Fsp3) is 1.00. The van der Waals surface area contributed by atoms with Crippen molar-refractivity contribution in [3.8, 4) is 0 Å². The Labute approximate surface area is 54.4 Å². The standard InChI is InChI=1S/C6H15NSi/c1-6(7-8)4-2-3-5-6/h7H,2-5H2,1,8H3. The summed E-state index contributed by atoms with van der Waals surface area (Å²) in [5.74, 6) is 0. The van der Waals surface area contributed by atoms with E-state index in [1.54, 1.807) is 0 Å². The molecule has 0 aromatic carbocycles. The Hall–Kier alpha value is 0.177. The van der Waals surface area contributed by atoms with Gasteiger partial charge in [0.25, 0.3) is 0 Å². The minimum atomic E-state index is 0.548. The van der Waals surface area contributed by atoms with Crippen LogP contribution in [-0.4, -0.2) is 15.9 Å². The third-order valence-electron chi connectivity index (χ3n) is 2.31. The zero-order valence-corrected chi connectivity index (χ0v) is 7.83. The van der Waals surface area contributed by atoms with Crippen LogP contribution in [0.25, 0.3) is 0 Å². The van der Waals surface area contributed by atoms with Crippen molar-refractivity contribution >= 4 is 10.4 Å². The van der Waals surface area contributed by atoms with Gasteiger partial charge in [-0.15, -0.1) is 0 Å². The number of hydrogen-bond acceptors (Lipinski definition) is 1. The van der Waals surface area contributed by atoms with Crippen molar-refractivity contribution in [2.75, 3.05) is 0 Å². The van der Waals surface area contributed by atoms with Crippen molar-refractivity contribution < 1.29 is 0 Å². The molecule has 0 atom stereocenters. The first-order chi connectivity index (χ1) is 3.77. The normalized spacial score (nSPS) is 26.6. The second-order valence-electron chi connectivity index (χ2n) is 3.02. The predicted molar refractivity (Wildman–Crippen MR) is 39.9 cm³/mol. The van der Waals surface area contributed by atoms with Gasteiger partial charge in [-0.2, -0.15) is 0 Å². The second kappa shape index (κ2) is 2.19. The van der Waals surface area contributed by atoms with E-state index in [9.17, 15) is 0 Å². The van der Waals surface area contributed by atoms with Gasteiger partial charge < -0.3 is 4.98 Å². The zero-order chi connectivity index (χ0) is 6.04. The first-order valence-corrected chi connectivity index (χ1v) is 4.46. The highest BCUT2D eigenvalue weighted by atomic mass is 28.2. The molecule has 0 heterocycles. The molecule has 0 aliphatic heterocycles. The fourth-order valence-corrected chi connectivity index (χ4v) is 1.91. The molecule has 1 N–H and O–H groups in total. The monoisotopic (exact) mass is 129 g/mol. The summed E-state index contributed by atoms with van der Waals surface area (Å²) < 4.78 is 0. The van der Waals surface area contributed by atoms with Gasteiger partial charge >= 0.3 is 0 Å². The lowest BCUT2D eigenvalue weighted by molar-refractivity contribution is 0.444. The summed E-state index contributed by atoms with van der Waals surface area (Å²) >= 11 is 0. The smallest absolute Gasteiger partial charge is 0.0755 e. The molecule has 0 radical (unpaired) electrons. The molecule has 0 unspecified atom stereocenters. The molecule has 8 heavy (non-hydrogen) atoms. The van der Waals surface area contributed by atoms with Crippen LogP contribution >= 0.6 is 0 Å². The Balaban J connectivity index is 2.40. The van der Waals surface area contributed by atoms with E-state index in [0.29, 0.717) is 5.54 Å². The van der Waals surface area contributed by atoms with Crippen LogP contribution in [0.3, 0.4) is 0 Å². The maximum Gasteiger partial charge on any atom is 0.0755 e. The minimum Gasteiger partial charge on any atom is -0.340 e. The molecular formula is C6H15NSi. The van der Waals surface area contributed by atoms with Crippen molar-refractivity contribution in [1.29, 1.82) is 0 Å². The summed E-state index contributed by atoms with van der Waals surface area (Å²) in [5.41, 5.74) is 0.548. The quantitative estimate of drug-likeness (QED) is 0.498. The Morgan fingerprint density at radius 1 is 1.38 bits per heavy atom. The molecule has 0 aromatic heterocycles. The van der Waals surface area contributed by atoms with Crippen LogP contribution in [0.5, 0.6) is 0 Å². The van der Waals surface area contributed by atoms with Gasteiger partial charge in [0.2, 0.25) is 0 Å². The van der Waals surface area contributed by atoms with Gasteiger partial charge in [0.1, 0.15) is 0 Å². The number of nitrogens with one attached hydrogen (secondary N) is 1. The lowest BCUT2D eigenvalue weighted by atomic mass is 10.0. The van der Waals surface area contributed by atoms with E-state index in [1.807, 2.05) is 0 Å². The average molecular weight is 129 g/mol. The van der Waals surface area contributed by atoms with Crippen LogP contribution in [0.4, 0.5) is 0 Å². The molecule has 2 heteroatoms. The maximum absolute atomic E-state index is 3.48. The van der Waals surface area contributed by atoms with E-state index < -0.39 is 0 Å². The highest BCUT2D eigenvalue weighted by Gasteiger charge is 2.25. The van der Waals surface area contributed by atoms with E-state index >= 15 is 0 Å². The Morgan fingerprint density at radius 3 is 2.12 bits per heavy atom. The third kappa shape index (κ3) is 1.12. The van der Waals surface area contributed by atoms with Crippen LogP contribution < -0.4 is 4.98 Å². The molecule has 1 aliphatic rings. The molecule has 0 spiro atoms. The number of rotatable bonds is 1. The molecule has 1 rings (SSSR count). The summed E-state index contributed by atoms with van der Waals surface area (Å²) in [6.07, 6.45) is 5.67. The summed E-state index contributed by atoms with van der Waals surface area (Å²) in [6, 6.07) is 0. The molecule has 0 amide bonds. The Kier molecular flexibility index (Phi) is 1.73. The molecule has 1 fully saturated rings. The van der Waals surface area contributed by atoms with Crippen molar-refractivity contribution in [3.63, 3.8) is 0 Å². The summed E-state index contributed by atoms with van der Waals surface area (Å²) in [7, 11) is 1.16. The lowest BCUT2D eigenvalue weighted by Crippen LogP contribution is -2.37. The molecular weight excluding hydrogens is 114 g/mol. The van der Waals surface area contributed by atoms with E-state index in [2.05, 4.69) is 11.9 Å². The summed E-state index contributed by atoms with van der Waals surface area (Å²) in [4.78, 5) is 3.48. The van der Waals surface area contributed by atoms with Gasteiger partial charge in [0.15, 0.2) is 0 Å². The van der Waals surface area contributed by atoms with Gasteiger partial charge in [-0.05, 0) is 19.8 Å². The summed E-state index contributed by atoms with van der Waals surface area (Å²) in [6.45, 7) is 2.34. The van der Waals surface area contributed by atoms with Crippen molar-refractivity contribution in [3.05, 3.63) is 0 Å². The van der Waals surface area contributed by atoms with E-state index in [0.717, 1.165) is 10.4 Å². The molecule has 0 bridgehead atoms. The van der Waals surface area contributed by atoms with Crippen LogP contribution in [0.2, 0.25) is 0 Å². The maximum atomic E-state index is 3.48. The highest BCUT2D eigenvalue weighted by Crippen LogP contribution is 2.27. The molecule has 48 valence electrons. The molecule has 1 saturated carbocycles. The van der Waals surface area contributed by atoms with Gasteiger partial charge in [-0.1, -0.05) is 12.8 Å². The Morgan fingerprint density at radius 2 is 1.88 bits per heavy atom. The first kappa shape index (κ1) is 6.30. The van der Waals surface area contributed by atoms with E-state index in [-0.39, 0.29) is 0 Å². The lowest BCUT2D eigenvalue weighted by Gasteiger charge is -2.22. The molecule has 1 aliphatic carbocycles. The predicted octanol–water partition coefficient (Wildman–Crippen LogP) is 0.189. The van der Waals surface area contributed by atoms with Crippen molar-refractivity contribution in [2.24, 2.45) is 0 Å². The van der Waals surface area contributed by atoms with Gasteiger partial charge in [-0.3, -0.25) is 0 Å². The first-order valence-electron chi connectivity index (χ1n) is 3.46. The molecule has 1 nitrogen and oxygen atoms in total. The SMILES string of the molecule is CC1(N[SiH3])CCCC1. The largest absolute Gasteiger partial charge is 0.340 e. The molecule has 0 saturated heterocycles. The minimum absolute atomic E-state index is 0.548. The van der Waals surface area contributed by atoms with Crippen LogP contribution in [0.15, 0.2) is 0 Å². The molecule has 0 aromatic rings. The van der Waals surface area contributed by atoms with Gasteiger partial charge in [0.05, 0.1) is 10.4 Å². The summed E-state index contributed by atoms with van der Waals surface area (Å²) in [5, 5.41) is 0. The number of hydrogen-bond donors (Lipinski definition) is 1. The highest BCUT2D eigenvalue weighted by molar-refractivity contribution is 6.04. The van der Waals surface area contributed by atoms with Crippen molar-refractivity contribution in [2.45, 2.75) is 38.1 Å². The third-order valence-corrected chi connectivity index (χ3v) is 3.52. The average Bonchev–Trinajstić information content (AvgIpc) is 2.17. The topological polar surface area (TPSA) is 12.0 Å².